The van der Waals surface area contributed by atoms with Crippen LogP contribution in [0.15, 0.2) is 54.7 Å². The third-order valence-corrected chi connectivity index (χ3v) is 5.85. The van der Waals surface area contributed by atoms with Crippen LogP contribution in [0.1, 0.15) is 21.7 Å². The Balaban J connectivity index is 1.71. The monoisotopic (exact) mass is 404 g/mol. The van der Waals surface area contributed by atoms with Crippen molar-refractivity contribution < 1.29 is 0 Å². The van der Waals surface area contributed by atoms with Crippen molar-refractivity contribution in [1.82, 2.24) is 14.2 Å². The molecule has 0 atom stereocenters. The molecule has 0 bridgehead atoms. The topological polar surface area (TPSA) is 54.5 Å². The van der Waals surface area contributed by atoms with E-state index >= 15 is 0 Å². The molecular formula is C22H17ClN4S. The third kappa shape index (κ3) is 3.33. The predicted molar refractivity (Wildman–Crippen MR) is 114 cm³/mol. The Bertz CT molecular complexity index is 1190. The van der Waals surface area contributed by atoms with Gasteiger partial charge in [-0.3, -0.25) is 0 Å². The Labute approximate surface area is 172 Å². The SMILES string of the molecule is Cc1cn(Cc2snnc2-c2ccccc2)c(C)c1-c1ccc(C#N)c(Cl)c1. The van der Waals surface area contributed by atoms with E-state index in [1.54, 1.807) is 6.07 Å². The van der Waals surface area contributed by atoms with Crippen LogP contribution in [-0.2, 0) is 6.54 Å². The Hall–Kier alpha value is -2.94. The first-order valence-corrected chi connectivity index (χ1v) is 9.96. The fraction of sp³-hybridized carbons (Fsp3) is 0.136. The molecule has 0 amide bonds. The first-order chi connectivity index (χ1) is 13.6. The van der Waals surface area contributed by atoms with Crippen LogP contribution in [0.3, 0.4) is 0 Å². The molecule has 2 aromatic carbocycles. The second-order valence-electron chi connectivity index (χ2n) is 6.62. The van der Waals surface area contributed by atoms with E-state index in [1.165, 1.54) is 11.5 Å². The molecule has 0 aliphatic rings. The Kier molecular flexibility index (Phi) is 4.99. The van der Waals surface area contributed by atoms with Crippen molar-refractivity contribution in [3.63, 3.8) is 0 Å². The maximum Gasteiger partial charge on any atom is 0.110 e. The van der Waals surface area contributed by atoms with E-state index < -0.39 is 0 Å². The molecule has 6 heteroatoms. The zero-order chi connectivity index (χ0) is 19.7. The molecule has 0 saturated heterocycles. The molecule has 0 fully saturated rings. The summed E-state index contributed by atoms with van der Waals surface area (Å²) in [4.78, 5) is 1.12. The number of hydrogen-bond donors (Lipinski definition) is 0. The molecule has 2 aromatic heterocycles. The van der Waals surface area contributed by atoms with Crippen LogP contribution in [0.5, 0.6) is 0 Å². The summed E-state index contributed by atoms with van der Waals surface area (Å²) >= 11 is 7.68. The number of aromatic nitrogens is 3. The number of rotatable bonds is 4. The largest absolute Gasteiger partial charge is 0.345 e. The molecule has 0 saturated carbocycles. The van der Waals surface area contributed by atoms with E-state index in [-0.39, 0.29) is 0 Å². The molecule has 0 aliphatic carbocycles. The molecular weight excluding hydrogens is 388 g/mol. The second kappa shape index (κ2) is 7.59. The average molecular weight is 405 g/mol. The van der Waals surface area contributed by atoms with Crippen molar-refractivity contribution in [3.8, 4) is 28.5 Å². The van der Waals surface area contributed by atoms with Crippen LogP contribution >= 0.6 is 23.1 Å². The van der Waals surface area contributed by atoms with Crippen molar-refractivity contribution in [1.29, 1.82) is 5.26 Å². The van der Waals surface area contributed by atoms with Crippen molar-refractivity contribution in [2.45, 2.75) is 20.4 Å². The first kappa shape index (κ1) is 18.4. The number of hydrogen-bond acceptors (Lipinski definition) is 4. The highest BCUT2D eigenvalue weighted by Crippen LogP contribution is 2.33. The van der Waals surface area contributed by atoms with Gasteiger partial charge in [0.05, 0.1) is 22.0 Å². The third-order valence-electron chi connectivity index (χ3n) is 4.83. The lowest BCUT2D eigenvalue weighted by molar-refractivity contribution is 0.786. The minimum Gasteiger partial charge on any atom is -0.345 e. The normalized spacial score (nSPS) is 10.8. The summed E-state index contributed by atoms with van der Waals surface area (Å²) < 4.78 is 6.39. The lowest BCUT2D eigenvalue weighted by atomic mass is 10.0. The van der Waals surface area contributed by atoms with E-state index in [9.17, 15) is 0 Å². The van der Waals surface area contributed by atoms with E-state index in [0.29, 0.717) is 17.1 Å². The van der Waals surface area contributed by atoms with Crippen LogP contribution in [-0.4, -0.2) is 14.2 Å². The fourth-order valence-corrected chi connectivity index (χ4v) is 4.35. The molecule has 0 spiro atoms. The number of aryl methyl sites for hydroxylation is 1. The smallest absolute Gasteiger partial charge is 0.110 e. The summed E-state index contributed by atoms with van der Waals surface area (Å²) in [5.74, 6) is 0. The van der Waals surface area contributed by atoms with E-state index in [4.69, 9.17) is 16.9 Å². The van der Waals surface area contributed by atoms with Gasteiger partial charge in [-0.2, -0.15) is 5.26 Å². The molecule has 0 aliphatic heterocycles. The highest BCUT2D eigenvalue weighted by atomic mass is 35.5. The van der Waals surface area contributed by atoms with Crippen LogP contribution in [0, 0.1) is 25.2 Å². The van der Waals surface area contributed by atoms with Gasteiger partial charge in [0.25, 0.3) is 0 Å². The Morgan fingerprint density at radius 1 is 1.11 bits per heavy atom. The summed E-state index contributed by atoms with van der Waals surface area (Å²) in [7, 11) is 0. The van der Waals surface area contributed by atoms with Crippen molar-refractivity contribution in [3.05, 3.63) is 81.4 Å². The van der Waals surface area contributed by atoms with E-state index in [1.807, 2.05) is 30.3 Å². The van der Waals surface area contributed by atoms with Crippen molar-refractivity contribution >= 4 is 23.1 Å². The average Bonchev–Trinajstić information content (AvgIpc) is 3.27. The Morgan fingerprint density at radius 3 is 2.61 bits per heavy atom. The van der Waals surface area contributed by atoms with Gasteiger partial charge >= 0.3 is 0 Å². The maximum absolute atomic E-state index is 9.11. The van der Waals surface area contributed by atoms with Gasteiger partial charge in [-0.25, -0.2) is 0 Å². The van der Waals surface area contributed by atoms with Gasteiger partial charge in [-0.05, 0) is 48.6 Å². The second-order valence-corrected chi connectivity index (χ2v) is 7.86. The lowest BCUT2D eigenvalue weighted by Gasteiger charge is -2.08. The number of benzene rings is 2. The summed E-state index contributed by atoms with van der Waals surface area (Å²) in [6.07, 6.45) is 2.14. The standard InChI is InChI=1S/C22H17ClN4S/c1-14-12-27(13-20-22(25-26-28-20)16-6-4-3-5-7-16)15(2)21(14)17-8-9-18(11-24)19(23)10-17/h3-10,12H,13H2,1-2H3. The molecule has 2 heterocycles. The number of nitriles is 1. The van der Waals surface area contributed by atoms with Crippen LogP contribution in [0.4, 0.5) is 0 Å². The van der Waals surface area contributed by atoms with Gasteiger partial charge in [-0.1, -0.05) is 52.5 Å². The van der Waals surface area contributed by atoms with Crippen LogP contribution in [0.2, 0.25) is 5.02 Å². The zero-order valence-electron chi connectivity index (χ0n) is 15.5. The maximum atomic E-state index is 9.11. The molecule has 4 nitrogen and oxygen atoms in total. The highest BCUT2D eigenvalue weighted by molar-refractivity contribution is 7.05. The van der Waals surface area contributed by atoms with Gasteiger partial charge in [0.15, 0.2) is 0 Å². The molecule has 138 valence electrons. The van der Waals surface area contributed by atoms with E-state index in [0.717, 1.165) is 38.5 Å². The van der Waals surface area contributed by atoms with Gasteiger partial charge in [0.2, 0.25) is 0 Å². The Morgan fingerprint density at radius 2 is 1.89 bits per heavy atom. The first-order valence-electron chi connectivity index (χ1n) is 8.81. The molecule has 4 rings (SSSR count). The number of nitrogens with zero attached hydrogens (tertiary/aromatic N) is 4. The van der Waals surface area contributed by atoms with Crippen LogP contribution in [0.25, 0.3) is 22.4 Å². The fourth-order valence-electron chi connectivity index (χ4n) is 3.47. The van der Waals surface area contributed by atoms with Crippen molar-refractivity contribution in [2.24, 2.45) is 0 Å². The molecule has 0 N–H and O–H groups in total. The minimum absolute atomic E-state index is 0.476. The lowest BCUT2D eigenvalue weighted by Crippen LogP contribution is -2.00. The molecule has 28 heavy (non-hydrogen) atoms. The minimum atomic E-state index is 0.476. The molecule has 4 aromatic rings. The van der Waals surface area contributed by atoms with Gasteiger partial charge in [-0.15, -0.1) is 5.10 Å². The van der Waals surface area contributed by atoms with Gasteiger partial charge in [0, 0.05) is 23.0 Å². The zero-order valence-corrected chi connectivity index (χ0v) is 17.1. The van der Waals surface area contributed by atoms with Crippen molar-refractivity contribution in [2.75, 3.05) is 0 Å². The predicted octanol–water partition coefficient (Wildman–Crippen LogP) is 5.86. The molecule has 0 unspecified atom stereocenters. The van der Waals surface area contributed by atoms with Gasteiger partial charge < -0.3 is 4.57 Å². The quantitative estimate of drug-likeness (QED) is 0.427. The van der Waals surface area contributed by atoms with Gasteiger partial charge in [0.1, 0.15) is 11.8 Å². The summed E-state index contributed by atoms with van der Waals surface area (Å²) in [6, 6.07) is 17.8. The highest BCUT2D eigenvalue weighted by Gasteiger charge is 2.16. The molecule has 0 radical (unpaired) electrons. The summed E-state index contributed by atoms with van der Waals surface area (Å²) in [5.41, 5.74) is 6.96. The summed E-state index contributed by atoms with van der Waals surface area (Å²) in [6.45, 7) is 4.90. The summed E-state index contributed by atoms with van der Waals surface area (Å²) in [5, 5.41) is 13.9. The number of halogens is 1. The van der Waals surface area contributed by atoms with E-state index in [2.05, 4.69) is 52.4 Å². The van der Waals surface area contributed by atoms with Crippen LogP contribution < -0.4 is 0 Å².